The van der Waals surface area contributed by atoms with Crippen LogP contribution in [0.2, 0.25) is 0 Å². The van der Waals surface area contributed by atoms with Crippen molar-refractivity contribution >= 4 is 17.6 Å². The largest absolute Gasteiger partial charge is 0.357 e. The Labute approximate surface area is 154 Å². The maximum atomic E-state index is 11.8. The molecule has 0 aliphatic carbocycles. The number of hydrogen-bond acceptors (Lipinski definition) is 2. The third-order valence-corrected chi connectivity index (χ3v) is 4.41. The molecule has 6 heteroatoms. The molecule has 0 spiro atoms. The van der Waals surface area contributed by atoms with Crippen molar-refractivity contribution in [1.29, 1.82) is 0 Å². The molecule has 2 heterocycles. The van der Waals surface area contributed by atoms with Crippen molar-refractivity contribution in [1.82, 2.24) is 15.2 Å². The third kappa shape index (κ3) is 4.88. The molecule has 26 heavy (non-hydrogen) atoms. The molecule has 1 aliphatic heterocycles. The second-order valence-corrected chi connectivity index (χ2v) is 6.36. The van der Waals surface area contributed by atoms with Crippen LogP contribution in [0.3, 0.4) is 0 Å². The van der Waals surface area contributed by atoms with Crippen molar-refractivity contribution in [2.45, 2.75) is 32.9 Å². The molecule has 0 radical (unpaired) electrons. The number of aliphatic imine (C=N–C) groups is 1. The number of nitrogens with zero attached hydrogens (tertiary/aromatic N) is 3. The summed E-state index contributed by atoms with van der Waals surface area (Å²) >= 11 is 0. The molecule has 1 saturated heterocycles. The molecular weight excluding hydrogens is 326 g/mol. The molecule has 0 saturated carbocycles. The lowest BCUT2D eigenvalue weighted by Crippen LogP contribution is -2.38. The van der Waals surface area contributed by atoms with E-state index in [4.69, 9.17) is 0 Å². The van der Waals surface area contributed by atoms with E-state index >= 15 is 0 Å². The van der Waals surface area contributed by atoms with Crippen LogP contribution in [0, 0.1) is 0 Å². The van der Waals surface area contributed by atoms with Gasteiger partial charge < -0.3 is 20.1 Å². The molecule has 2 aromatic rings. The minimum atomic E-state index is 0.220. The number of amides is 1. The Hall–Kier alpha value is -2.76. The van der Waals surface area contributed by atoms with E-state index in [1.807, 2.05) is 41.3 Å². The van der Waals surface area contributed by atoms with E-state index in [0.29, 0.717) is 13.0 Å². The molecule has 2 N–H and O–H groups in total. The van der Waals surface area contributed by atoms with E-state index in [-0.39, 0.29) is 5.91 Å². The molecule has 6 nitrogen and oxygen atoms in total. The summed E-state index contributed by atoms with van der Waals surface area (Å²) in [6.07, 6.45) is 5.72. The number of aromatic nitrogens is 1. The lowest BCUT2D eigenvalue weighted by atomic mass is 10.2. The van der Waals surface area contributed by atoms with Gasteiger partial charge in [-0.2, -0.15) is 0 Å². The Morgan fingerprint density at radius 3 is 2.58 bits per heavy atom. The van der Waals surface area contributed by atoms with Gasteiger partial charge in [-0.3, -0.25) is 4.79 Å². The van der Waals surface area contributed by atoms with Crippen LogP contribution in [-0.2, 0) is 17.9 Å². The minimum Gasteiger partial charge on any atom is -0.357 e. The summed E-state index contributed by atoms with van der Waals surface area (Å²) in [5, 5.41) is 6.63. The second-order valence-electron chi connectivity index (χ2n) is 6.36. The van der Waals surface area contributed by atoms with Gasteiger partial charge in [-0.25, -0.2) is 4.99 Å². The average molecular weight is 353 g/mol. The fourth-order valence-electron chi connectivity index (χ4n) is 3.04. The Bertz CT molecular complexity index is 721. The van der Waals surface area contributed by atoms with Gasteiger partial charge in [0.15, 0.2) is 5.96 Å². The van der Waals surface area contributed by atoms with E-state index in [1.165, 1.54) is 0 Å². The van der Waals surface area contributed by atoms with E-state index in [1.54, 1.807) is 0 Å². The number of rotatable bonds is 7. The maximum Gasteiger partial charge on any atom is 0.227 e. The number of guanidine groups is 1. The fraction of sp³-hybridized carbons (Fsp3) is 0.400. The van der Waals surface area contributed by atoms with Gasteiger partial charge in [-0.05, 0) is 43.2 Å². The highest BCUT2D eigenvalue weighted by molar-refractivity contribution is 5.95. The van der Waals surface area contributed by atoms with Crippen LogP contribution < -0.4 is 15.5 Å². The van der Waals surface area contributed by atoms with Crippen molar-refractivity contribution in [3.63, 3.8) is 0 Å². The highest BCUT2D eigenvalue weighted by atomic mass is 16.2. The molecule has 1 amide bonds. The predicted molar refractivity (Wildman–Crippen MR) is 105 cm³/mol. The van der Waals surface area contributed by atoms with Crippen molar-refractivity contribution in [2.24, 2.45) is 4.99 Å². The summed E-state index contributed by atoms with van der Waals surface area (Å²) in [4.78, 5) is 18.3. The smallest absolute Gasteiger partial charge is 0.227 e. The molecule has 0 unspecified atom stereocenters. The van der Waals surface area contributed by atoms with Crippen LogP contribution in [0.4, 0.5) is 5.69 Å². The van der Waals surface area contributed by atoms with Crippen molar-refractivity contribution < 1.29 is 4.79 Å². The van der Waals surface area contributed by atoms with Crippen molar-refractivity contribution in [3.8, 4) is 0 Å². The molecule has 0 atom stereocenters. The number of carbonyl (C=O) groups is 1. The first-order chi connectivity index (χ1) is 12.8. The van der Waals surface area contributed by atoms with Crippen LogP contribution in [0.15, 0.2) is 53.8 Å². The van der Waals surface area contributed by atoms with Crippen LogP contribution >= 0.6 is 0 Å². The van der Waals surface area contributed by atoms with Gasteiger partial charge in [0, 0.05) is 50.7 Å². The highest BCUT2D eigenvalue weighted by Gasteiger charge is 2.21. The first-order valence-electron chi connectivity index (χ1n) is 9.28. The Kier molecular flexibility index (Phi) is 6.30. The fourth-order valence-corrected chi connectivity index (χ4v) is 3.04. The van der Waals surface area contributed by atoms with Crippen LogP contribution in [0.25, 0.3) is 0 Å². The van der Waals surface area contributed by atoms with Crippen molar-refractivity contribution in [2.75, 3.05) is 24.5 Å². The van der Waals surface area contributed by atoms with Gasteiger partial charge in [0.25, 0.3) is 0 Å². The highest BCUT2D eigenvalue weighted by Crippen LogP contribution is 2.21. The van der Waals surface area contributed by atoms with Crippen LogP contribution in [0.1, 0.15) is 25.3 Å². The molecule has 3 rings (SSSR count). The van der Waals surface area contributed by atoms with Gasteiger partial charge in [0.05, 0.1) is 6.54 Å². The van der Waals surface area contributed by atoms with E-state index in [9.17, 15) is 4.79 Å². The summed E-state index contributed by atoms with van der Waals surface area (Å²) in [5.74, 6) is 1.04. The number of nitrogens with one attached hydrogen (secondary N) is 2. The van der Waals surface area contributed by atoms with Gasteiger partial charge in [0.1, 0.15) is 0 Å². The molecular formula is C20H27N5O. The van der Waals surface area contributed by atoms with Gasteiger partial charge >= 0.3 is 0 Å². The lowest BCUT2D eigenvalue weighted by molar-refractivity contribution is -0.117. The maximum absolute atomic E-state index is 11.8. The van der Waals surface area contributed by atoms with Gasteiger partial charge in [-0.15, -0.1) is 0 Å². The summed E-state index contributed by atoms with van der Waals surface area (Å²) in [7, 11) is 0. The number of hydrogen-bond donors (Lipinski definition) is 2. The Morgan fingerprint density at radius 1 is 1.15 bits per heavy atom. The topological polar surface area (TPSA) is 61.7 Å². The summed E-state index contributed by atoms with van der Waals surface area (Å²) in [5.41, 5.74) is 2.11. The molecule has 1 fully saturated rings. The molecule has 1 aromatic heterocycles. The van der Waals surface area contributed by atoms with Gasteiger partial charge in [0.2, 0.25) is 5.91 Å². The molecule has 1 aliphatic rings. The number of benzene rings is 1. The summed E-state index contributed by atoms with van der Waals surface area (Å²) in [6, 6.07) is 12.2. The third-order valence-electron chi connectivity index (χ3n) is 4.41. The van der Waals surface area contributed by atoms with Crippen molar-refractivity contribution in [3.05, 3.63) is 54.4 Å². The molecule has 1 aromatic carbocycles. The summed E-state index contributed by atoms with van der Waals surface area (Å²) in [6.45, 7) is 6.03. The zero-order valence-electron chi connectivity index (χ0n) is 15.3. The molecule has 138 valence electrons. The first kappa shape index (κ1) is 18.0. The lowest BCUT2D eigenvalue weighted by Gasteiger charge is -2.16. The minimum absolute atomic E-state index is 0.220. The standard InChI is InChI=1S/C20H27N5O/c1-2-21-20(22-11-15-24-12-3-4-13-24)23-16-17-7-9-18(10-8-17)25-14-5-6-19(25)26/h3-4,7-10,12-13H,2,5-6,11,14-16H2,1H3,(H2,21,22,23). The average Bonchev–Trinajstić information content (AvgIpc) is 3.32. The number of carbonyl (C=O) groups excluding carboxylic acids is 1. The zero-order chi connectivity index (χ0) is 18.2. The second kappa shape index (κ2) is 9.08. The van der Waals surface area contributed by atoms with Crippen LogP contribution in [-0.4, -0.2) is 36.1 Å². The van der Waals surface area contributed by atoms with E-state index < -0.39 is 0 Å². The summed E-state index contributed by atoms with van der Waals surface area (Å²) < 4.78 is 2.13. The Morgan fingerprint density at radius 2 is 1.92 bits per heavy atom. The normalized spacial score (nSPS) is 14.7. The quantitative estimate of drug-likeness (QED) is 0.593. The SMILES string of the molecule is CCNC(=NCc1ccc(N2CCCC2=O)cc1)NCCn1cccc1. The Balaban J connectivity index is 1.53. The zero-order valence-corrected chi connectivity index (χ0v) is 15.3. The van der Waals surface area contributed by atoms with Crippen LogP contribution in [0.5, 0.6) is 0 Å². The molecule has 0 bridgehead atoms. The number of anilines is 1. The van der Waals surface area contributed by atoms with E-state index in [0.717, 1.165) is 49.8 Å². The predicted octanol–water partition coefficient (Wildman–Crippen LogP) is 2.37. The van der Waals surface area contributed by atoms with E-state index in [2.05, 4.69) is 39.5 Å². The monoisotopic (exact) mass is 353 g/mol. The van der Waals surface area contributed by atoms with Gasteiger partial charge in [-0.1, -0.05) is 12.1 Å². The first-order valence-corrected chi connectivity index (χ1v) is 9.28.